The number of carbonyl (C=O) groups excluding carboxylic acids is 2. The fourth-order valence-electron chi connectivity index (χ4n) is 4.78. The topological polar surface area (TPSA) is 56.8 Å². The second-order valence-electron chi connectivity index (χ2n) is 9.14. The van der Waals surface area contributed by atoms with Crippen molar-refractivity contribution in [3.05, 3.63) is 77.5 Å². The highest BCUT2D eigenvalue weighted by atomic mass is 32.2. The van der Waals surface area contributed by atoms with Gasteiger partial charge in [0.1, 0.15) is 5.03 Å². The Morgan fingerprint density at radius 3 is 2.60 bits per heavy atom. The molecule has 0 bridgehead atoms. The number of pyridine rings is 1. The summed E-state index contributed by atoms with van der Waals surface area (Å²) in [6.07, 6.45) is 2.80. The number of piperazine rings is 1. The number of fused-ring (bicyclic) bond motifs is 2. The van der Waals surface area contributed by atoms with Crippen LogP contribution in [0.2, 0.25) is 0 Å². The summed E-state index contributed by atoms with van der Waals surface area (Å²) in [5.41, 5.74) is 5.29. The summed E-state index contributed by atoms with van der Waals surface area (Å²) in [6, 6.07) is 18.0. The van der Waals surface area contributed by atoms with Gasteiger partial charge in [0.2, 0.25) is 5.91 Å². The minimum atomic E-state index is -0.0329. The standard InChI is InChI=1S/C28H30N4O2S/c1-20-11-12-21(2)24(19-20)30-15-17-31(18-16-30)26(33)10-6-14-32-23-8-5-13-29-27(23)35-25-9-4-3-7-22(25)28(32)34/h3-5,7-9,11-13,19H,6,10,14-18H2,1-2H3. The molecule has 1 saturated heterocycles. The van der Waals surface area contributed by atoms with Gasteiger partial charge in [-0.25, -0.2) is 4.98 Å². The summed E-state index contributed by atoms with van der Waals surface area (Å²) in [4.78, 5) is 37.9. The number of hydrogen-bond acceptors (Lipinski definition) is 5. The maximum absolute atomic E-state index is 13.4. The van der Waals surface area contributed by atoms with Gasteiger partial charge < -0.3 is 14.7 Å². The van der Waals surface area contributed by atoms with Crippen molar-refractivity contribution in [2.75, 3.05) is 42.5 Å². The molecular weight excluding hydrogens is 456 g/mol. The lowest BCUT2D eigenvalue weighted by Crippen LogP contribution is -2.49. The van der Waals surface area contributed by atoms with Crippen molar-refractivity contribution < 1.29 is 9.59 Å². The molecule has 35 heavy (non-hydrogen) atoms. The van der Waals surface area contributed by atoms with E-state index in [9.17, 15) is 9.59 Å². The maximum atomic E-state index is 13.4. The molecule has 3 heterocycles. The van der Waals surface area contributed by atoms with Gasteiger partial charge in [0.25, 0.3) is 5.91 Å². The number of amides is 2. The Kier molecular flexibility index (Phi) is 6.77. The first-order valence-electron chi connectivity index (χ1n) is 12.1. The second kappa shape index (κ2) is 10.1. The molecule has 2 aliphatic rings. The smallest absolute Gasteiger partial charge is 0.259 e. The van der Waals surface area contributed by atoms with Crippen LogP contribution in [0.25, 0.3) is 0 Å². The van der Waals surface area contributed by atoms with Crippen LogP contribution >= 0.6 is 11.8 Å². The average molecular weight is 487 g/mol. The normalized spacial score (nSPS) is 15.5. The molecule has 6 nitrogen and oxygen atoms in total. The molecule has 180 valence electrons. The van der Waals surface area contributed by atoms with Gasteiger partial charge in [-0.1, -0.05) is 36.0 Å². The molecule has 2 aliphatic heterocycles. The Balaban J connectivity index is 1.20. The largest absolute Gasteiger partial charge is 0.368 e. The number of aromatic nitrogens is 1. The van der Waals surface area contributed by atoms with Crippen LogP contribution in [-0.2, 0) is 4.79 Å². The molecular formula is C28H30N4O2S. The van der Waals surface area contributed by atoms with Crippen LogP contribution in [0, 0.1) is 13.8 Å². The summed E-state index contributed by atoms with van der Waals surface area (Å²) in [7, 11) is 0. The van der Waals surface area contributed by atoms with Crippen molar-refractivity contribution in [2.24, 2.45) is 0 Å². The van der Waals surface area contributed by atoms with Crippen molar-refractivity contribution in [3.8, 4) is 0 Å². The lowest BCUT2D eigenvalue weighted by Gasteiger charge is -2.37. The van der Waals surface area contributed by atoms with Crippen LogP contribution in [0.15, 0.2) is 70.7 Å². The minimum Gasteiger partial charge on any atom is -0.368 e. The number of carbonyl (C=O) groups is 2. The van der Waals surface area contributed by atoms with E-state index in [1.807, 2.05) is 41.3 Å². The zero-order valence-corrected chi connectivity index (χ0v) is 21.1. The fraction of sp³-hybridized carbons (Fsp3) is 0.321. The van der Waals surface area contributed by atoms with Crippen molar-refractivity contribution >= 4 is 35.0 Å². The summed E-state index contributed by atoms with van der Waals surface area (Å²) >= 11 is 1.52. The van der Waals surface area contributed by atoms with Crippen molar-refractivity contribution in [2.45, 2.75) is 36.6 Å². The molecule has 5 rings (SSSR count). The lowest BCUT2D eigenvalue weighted by atomic mass is 10.1. The Morgan fingerprint density at radius 2 is 1.77 bits per heavy atom. The van der Waals surface area contributed by atoms with E-state index in [-0.39, 0.29) is 11.8 Å². The Hall–Kier alpha value is -3.32. The van der Waals surface area contributed by atoms with E-state index in [0.717, 1.165) is 41.8 Å². The van der Waals surface area contributed by atoms with Crippen molar-refractivity contribution in [1.29, 1.82) is 0 Å². The molecule has 7 heteroatoms. The third-order valence-electron chi connectivity index (χ3n) is 6.72. The van der Waals surface area contributed by atoms with E-state index in [4.69, 9.17) is 0 Å². The predicted molar refractivity (Wildman–Crippen MR) is 140 cm³/mol. The van der Waals surface area contributed by atoms with Gasteiger partial charge in [-0.3, -0.25) is 9.59 Å². The van der Waals surface area contributed by atoms with Gasteiger partial charge >= 0.3 is 0 Å². The molecule has 0 saturated carbocycles. The van der Waals surface area contributed by atoms with Gasteiger partial charge in [0.15, 0.2) is 0 Å². The summed E-state index contributed by atoms with van der Waals surface area (Å²) < 4.78 is 0. The summed E-state index contributed by atoms with van der Waals surface area (Å²) in [6.45, 7) is 7.88. The number of nitrogens with zero attached hydrogens (tertiary/aromatic N) is 4. The van der Waals surface area contributed by atoms with Gasteiger partial charge in [0, 0.05) is 55.9 Å². The third-order valence-corrected chi connectivity index (χ3v) is 7.80. The van der Waals surface area contributed by atoms with Gasteiger partial charge in [0.05, 0.1) is 11.3 Å². The van der Waals surface area contributed by atoms with Crippen LogP contribution in [0.1, 0.15) is 34.3 Å². The van der Waals surface area contributed by atoms with E-state index >= 15 is 0 Å². The molecule has 0 unspecified atom stereocenters. The molecule has 2 amide bonds. The van der Waals surface area contributed by atoms with Crippen LogP contribution in [0.4, 0.5) is 11.4 Å². The van der Waals surface area contributed by atoms with Gasteiger partial charge in [-0.05, 0) is 61.7 Å². The number of hydrogen-bond donors (Lipinski definition) is 0. The number of benzene rings is 2. The van der Waals surface area contributed by atoms with E-state index in [1.165, 1.54) is 28.6 Å². The molecule has 0 atom stereocenters. The highest BCUT2D eigenvalue weighted by Gasteiger charge is 2.28. The molecule has 2 aromatic carbocycles. The number of anilines is 2. The SMILES string of the molecule is Cc1ccc(C)c(N2CCN(C(=O)CCCN3C(=O)c4ccccc4Sc4ncccc43)CC2)c1. The van der Waals surface area contributed by atoms with E-state index in [1.54, 1.807) is 11.1 Å². The second-order valence-corrected chi connectivity index (χ2v) is 10.2. The van der Waals surface area contributed by atoms with E-state index in [2.05, 4.69) is 41.9 Å². The molecule has 3 aromatic rings. The highest BCUT2D eigenvalue weighted by Crippen LogP contribution is 2.39. The van der Waals surface area contributed by atoms with E-state index < -0.39 is 0 Å². The average Bonchev–Trinajstić information content (AvgIpc) is 3.00. The zero-order valence-electron chi connectivity index (χ0n) is 20.2. The first kappa shape index (κ1) is 23.4. The molecule has 1 aromatic heterocycles. The zero-order chi connectivity index (χ0) is 24.4. The van der Waals surface area contributed by atoms with Crippen LogP contribution in [-0.4, -0.2) is 54.4 Å². The predicted octanol–water partition coefficient (Wildman–Crippen LogP) is 4.94. The van der Waals surface area contributed by atoms with Gasteiger partial charge in [-0.15, -0.1) is 0 Å². The molecule has 0 radical (unpaired) electrons. The first-order chi connectivity index (χ1) is 17.0. The molecule has 0 spiro atoms. The summed E-state index contributed by atoms with van der Waals surface area (Å²) in [5, 5.41) is 0.819. The van der Waals surface area contributed by atoms with Crippen molar-refractivity contribution in [3.63, 3.8) is 0 Å². The Bertz CT molecular complexity index is 1250. The first-order valence-corrected chi connectivity index (χ1v) is 13.0. The van der Waals surface area contributed by atoms with Crippen LogP contribution in [0.3, 0.4) is 0 Å². The quantitative estimate of drug-likeness (QED) is 0.511. The molecule has 0 aliphatic carbocycles. The monoisotopic (exact) mass is 486 g/mol. The third kappa shape index (κ3) is 4.91. The Labute approximate surface area is 210 Å². The van der Waals surface area contributed by atoms with E-state index in [0.29, 0.717) is 24.9 Å². The number of rotatable bonds is 5. The lowest BCUT2D eigenvalue weighted by molar-refractivity contribution is -0.131. The van der Waals surface area contributed by atoms with Crippen LogP contribution in [0.5, 0.6) is 0 Å². The fourth-order valence-corrected chi connectivity index (χ4v) is 5.80. The van der Waals surface area contributed by atoms with Crippen molar-refractivity contribution in [1.82, 2.24) is 9.88 Å². The maximum Gasteiger partial charge on any atom is 0.259 e. The Morgan fingerprint density at radius 1 is 0.971 bits per heavy atom. The highest BCUT2D eigenvalue weighted by molar-refractivity contribution is 7.99. The molecule has 0 N–H and O–H groups in total. The van der Waals surface area contributed by atoms with Gasteiger partial charge in [-0.2, -0.15) is 0 Å². The summed E-state index contributed by atoms with van der Waals surface area (Å²) in [5.74, 6) is 0.128. The molecule has 1 fully saturated rings. The van der Waals surface area contributed by atoms with Crippen LogP contribution < -0.4 is 9.80 Å². The minimum absolute atomic E-state index is 0.0329. The number of aryl methyl sites for hydroxylation is 2.